The SMILES string of the molecule is CN(CCc1ccccn1)C(=O)CNC(=O)C1CCCC(N)C1.Cl.Cl. The van der Waals surface area contributed by atoms with E-state index in [0.29, 0.717) is 13.0 Å². The zero-order valence-corrected chi connectivity index (χ0v) is 16.2. The van der Waals surface area contributed by atoms with Gasteiger partial charge < -0.3 is 16.0 Å². The van der Waals surface area contributed by atoms with Gasteiger partial charge in [-0.3, -0.25) is 14.6 Å². The number of hydrogen-bond donors (Lipinski definition) is 2. The van der Waals surface area contributed by atoms with Crippen molar-refractivity contribution in [2.45, 2.75) is 38.1 Å². The van der Waals surface area contributed by atoms with Gasteiger partial charge in [0.2, 0.25) is 11.8 Å². The molecule has 2 rings (SSSR count). The first kappa shape index (κ1) is 23.6. The zero-order valence-electron chi connectivity index (χ0n) is 14.5. The van der Waals surface area contributed by atoms with E-state index in [1.54, 1.807) is 18.1 Å². The van der Waals surface area contributed by atoms with Gasteiger partial charge in [-0.1, -0.05) is 12.5 Å². The number of nitrogens with two attached hydrogens (primary N) is 1. The number of halogens is 2. The molecule has 1 aliphatic carbocycles. The van der Waals surface area contributed by atoms with E-state index in [0.717, 1.165) is 31.4 Å². The molecule has 1 aromatic heterocycles. The number of nitrogens with zero attached hydrogens (tertiary/aromatic N) is 2. The Hall–Kier alpha value is -1.37. The van der Waals surface area contributed by atoms with Gasteiger partial charge in [0.05, 0.1) is 6.54 Å². The van der Waals surface area contributed by atoms with Crippen molar-refractivity contribution in [1.29, 1.82) is 0 Å². The molecule has 1 saturated carbocycles. The third-order valence-corrected chi connectivity index (χ3v) is 4.35. The molecule has 3 N–H and O–H groups in total. The van der Waals surface area contributed by atoms with Crippen LogP contribution in [-0.4, -0.2) is 47.9 Å². The summed E-state index contributed by atoms with van der Waals surface area (Å²) in [4.78, 5) is 30.0. The van der Waals surface area contributed by atoms with Crippen molar-refractivity contribution in [3.8, 4) is 0 Å². The molecule has 1 fully saturated rings. The number of carbonyl (C=O) groups is 2. The van der Waals surface area contributed by atoms with Crippen LogP contribution in [-0.2, 0) is 16.0 Å². The predicted octanol–water partition coefficient (Wildman–Crippen LogP) is 1.56. The smallest absolute Gasteiger partial charge is 0.241 e. The second kappa shape index (κ2) is 12.1. The van der Waals surface area contributed by atoms with Crippen LogP contribution < -0.4 is 11.1 Å². The van der Waals surface area contributed by atoms with Gasteiger partial charge in [0.15, 0.2) is 0 Å². The van der Waals surface area contributed by atoms with Crippen LogP contribution in [0.4, 0.5) is 0 Å². The largest absolute Gasteiger partial charge is 0.347 e. The van der Waals surface area contributed by atoms with Crippen LogP contribution in [0.15, 0.2) is 24.4 Å². The molecule has 0 radical (unpaired) electrons. The summed E-state index contributed by atoms with van der Waals surface area (Å²) in [5.74, 6) is -0.189. The number of pyridine rings is 1. The minimum Gasteiger partial charge on any atom is -0.347 e. The Morgan fingerprint density at radius 2 is 2.08 bits per heavy atom. The summed E-state index contributed by atoms with van der Waals surface area (Å²) in [6, 6.07) is 5.84. The molecule has 2 atom stereocenters. The third kappa shape index (κ3) is 8.03. The maximum absolute atomic E-state index is 12.1. The average Bonchev–Trinajstić information content (AvgIpc) is 2.58. The van der Waals surface area contributed by atoms with Crippen molar-refractivity contribution < 1.29 is 9.59 Å². The number of nitrogens with one attached hydrogen (secondary N) is 1. The minimum atomic E-state index is -0.0885. The Labute approximate surface area is 161 Å². The van der Waals surface area contributed by atoms with Crippen molar-refractivity contribution in [2.75, 3.05) is 20.1 Å². The highest BCUT2D eigenvalue weighted by atomic mass is 35.5. The van der Waals surface area contributed by atoms with Gasteiger partial charge in [-0.05, 0) is 31.4 Å². The number of likely N-dealkylation sites (N-methyl/N-ethyl adjacent to an activating group) is 1. The molecule has 0 bridgehead atoms. The Kier molecular flexibility index (Phi) is 11.4. The first-order chi connectivity index (χ1) is 11.1. The van der Waals surface area contributed by atoms with Gasteiger partial charge in [0.1, 0.15) is 0 Å². The summed E-state index contributed by atoms with van der Waals surface area (Å²) < 4.78 is 0. The van der Waals surface area contributed by atoms with Gasteiger partial charge in [-0.25, -0.2) is 0 Å². The molecule has 1 aromatic rings. The van der Waals surface area contributed by atoms with Gasteiger partial charge in [0, 0.05) is 43.9 Å². The number of carbonyl (C=O) groups excluding carboxylic acids is 2. The van der Waals surface area contributed by atoms with E-state index in [9.17, 15) is 9.59 Å². The third-order valence-electron chi connectivity index (χ3n) is 4.35. The second-order valence-corrected chi connectivity index (χ2v) is 6.23. The highest BCUT2D eigenvalue weighted by Gasteiger charge is 2.25. The van der Waals surface area contributed by atoms with Gasteiger partial charge >= 0.3 is 0 Å². The number of rotatable bonds is 6. The Morgan fingerprint density at radius 3 is 2.72 bits per heavy atom. The quantitative estimate of drug-likeness (QED) is 0.771. The Morgan fingerprint density at radius 1 is 1.32 bits per heavy atom. The maximum Gasteiger partial charge on any atom is 0.241 e. The number of hydrogen-bond acceptors (Lipinski definition) is 4. The molecule has 0 spiro atoms. The molecule has 2 amide bonds. The summed E-state index contributed by atoms with van der Waals surface area (Å²) >= 11 is 0. The van der Waals surface area contributed by atoms with Crippen molar-refractivity contribution in [1.82, 2.24) is 15.2 Å². The summed E-state index contributed by atoms with van der Waals surface area (Å²) in [5, 5.41) is 2.75. The summed E-state index contributed by atoms with van der Waals surface area (Å²) in [6.07, 6.45) is 6.00. The van der Waals surface area contributed by atoms with Crippen LogP contribution in [0.3, 0.4) is 0 Å². The fraction of sp³-hybridized carbons (Fsp3) is 0.588. The van der Waals surface area contributed by atoms with Crippen molar-refractivity contribution >= 4 is 36.6 Å². The monoisotopic (exact) mass is 390 g/mol. The minimum absolute atomic E-state index is 0. The van der Waals surface area contributed by atoms with Gasteiger partial charge in [-0.2, -0.15) is 0 Å². The normalized spacial score (nSPS) is 19.1. The van der Waals surface area contributed by atoms with Crippen LogP contribution >= 0.6 is 24.8 Å². The van der Waals surface area contributed by atoms with E-state index < -0.39 is 0 Å². The van der Waals surface area contributed by atoms with Crippen LogP contribution in [0.5, 0.6) is 0 Å². The van der Waals surface area contributed by atoms with E-state index in [1.165, 1.54) is 0 Å². The fourth-order valence-corrected chi connectivity index (χ4v) is 2.86. The van der Waals surface area contributed by atoms with Crippen molar-refractivity contribution in [3.05, 3.63) is 30.1 Å². The molecule has 0 aliphatic heterocycles. The molecule has 8 heteroatoms. The predicted molar refractivity (Wildman–Crippen MR) is 103 cm³/mol. The lowest BCUT2D eigenvalue weighted by Gasteiger charge is -2.26. The Balaban J connectivity index is 0.00000288. The molecular formula is C17H28Cl2N4O2. The lowest BCUT2D eigenvalue weighted by Crippen LogP contribution is -2.43. The van der Waals surface area contributed by atoms with E-state index in [1.807, 2.05) is 18.2 Å². The van der Waals surface area contributed by atoms with E-state index >= 15 is 0 Å². The highest BCUT2D eigenvalue weighted by Crippen LogP contribution is 2.22. The van der Waals surface area contributed by atoms with Gasteiger partial charge in [-0.15, -0.1) is 24.8 Å². The van der Waals surface area contributed by atoms with Crippen LogP contribution in [0.25, 0.3) is 0 Å². The molecular weight excluding hydrogens is 363 g/mol. The lowest BCUT2D eigenvalue weighted by atomic mass is 9.85. The molecule has 6 nitrogen and oxygen atoms in total. The molecule has 1 heterocycles. The maximum atomic E-state index is 12.1. The first-order valence-corrected chi connectivity index (χ1v) is 8.23. The molecule has 0 saturated heterocycles. The van der Waals surface area contributed by atoms with E-state index in [4.69, 9.17) is 5.73 Å². The van der Waals surface area contributed by atoms with Crippen LogP contribution in [0.2, 0.25) is 0 Å². The van der Waals surface area contributed by atoms with E-state index in [2.05, 4.69) is 10.3 Å². The summed E-state index contributed by atoms with van der Waals surface area (Å²) in [6.45, 7) is 0.628. The molecule has 142 valence electrons. The topological polar surface area (TPSA) is 88.3 Å². The molecule has 25 heavy (non-hydrogen) atoms. The summed E-state index contributed by atoms with van der Waals surface area (Å²) in [7, 11) is 1.74. The van der Waals surface area contributed by atoms with Crippen molar-refractivity contribution in [3.63, 3.8) is 0 Å². The summed E-state index contributed by atoms with van der Waals surface area (Å²) in [5.41, 5.74) is 6.85. The molecule has 1 aliphatic rings. The fourth-order valence-electron chi connectivity index (χ4n) is 2.86. The average molecular weight is 391 g/mol. The number of aromatic nitrogens is 1. The lowest BCUT2D eigenvalue weighted by molar-refractivity contribution is -0.133. The van der Waals surface area contributed by atoms with Crippen molar-refractivity contribution in [2.24, 2.45) is 11.7 Å². The first-order valence-electron chi connectivity index (χ1n) is 8.23. The number of amides is 2. The van der Waals surface area contributed by atoms with Crippen LogP contribution in [0.1, 0.15) is 31.4 Å². The van der Waals surface area contributed by atoms with Gasteiger partial charge in [0.25, 0.3) is 0 Å². The van der Waals surface area contributed by atoms with E-state index in [-0.39, 0.29) is 55.1 Å². The molecule has 0 aromatic carbocycles. The standard InChI is InChI=1S/C17H26N4O2.2ClH/c1-21(10-8-15-7-2-3-9-19-15)16(22)12-20-17(23)13-5-4-6-14(18)11-13;;/h2-3,7,9,13-14H,4-6,8,10-12,18H2,1H3,(H,20,23);2*1H. The van der Waals surface area contributed by atoms with Crippen LogP contribution in [0, 0.1) is 5.92 Å². The second-order valence-electron chi connectivity index (χ2n) is 6.23. The molecule has 2 unspecified atom stereocenters. The Bertz CT molecular complexity index is 531. The highest BCUT2D eigenvalue weighted by molar-refractivity contribution is 5.86. The zero-order chi connectivity index (χ0) is 16.7.